The Labute approximate surface area is 113 Å². The summed E-state index contributed by atoms with van der Waals surface area (Å²) in [4.78, 5) is 12.1. The van der Waals surface area contributed by atoms with Crippen molar-refractivity contribution in [3.05, 3.63) is 23.3 Å². The van der Waals surface area contributed by atoms with Gasteiger partial charge in [0.2, 0.25) is 5.91 Å². The van der Waals surface area contributed by atoms with Crippen molar-refractivity contribution in [2.45, 2.75) is 45.1 Å². The summed E-state index contributed by atoms with van der Waals surface area (Å²) in [6.45, 7) is 3.68. The number of methoxy groups -OCH3 is 1. The second-order valence-corrected chi connectivity index (χ2v) is 5.42. The molecule has 1 aromatic rings. The Morgan fingerprint density at radius 1 is 1.37 bits per heavy atom. The van der Waals surface area contributed by atoms with Gasteiger partial charge in [-0.3, -0.25) is 4.79 Å². The van der Waals surface area contributed by atoms with Crippen molar-refractivity contribution in [1.82, 2.24) is 0 Å². The van der Waals surface area contributed by atoms with Gasteiger partial charge in [-0.25, -0.2) is 0 Å². The quantitative estimate of drug-likeness (QED) is 0.821. The first-order chi connectivity index (χ1) is 8.96. The first-order valence-corrected chi connectivity index (χ1v) is 6.61. The number of benzene rings is 1. The fraction of sp³-hybridized carbons (Fsp3) is 0.533. The Morgan fingerprint density at radius 2 is 2.05 bits per heavy atom. The SMILES string of the molecule is COC1(CC(=O)Nc2cc(C)c(O)cc2C)CCC1. The van der Waals surface area contributed by atoms with Crippen LogP contribution in [-0.4, -0.2) is 23.7 Å². The summed E-state index contributed by atoms with van der Waals surface area (Å²) in [5.41, 5.74) is 2.11. The molecule has 1 saturated carbocycles. The molecule has 1 amide bonds. The lowest BCUT2D eigenvalue weighted by Crippen LogP contribution is -2.42. The van der Waals surface area contributed by atoms with Crippen molar-refractivity contribution in [3.8, 4) is 5.75 Å². The van der Waals surface area contributed by atoms with Crippen LogP contribution in [-0.2, 0) is 9.53 Å². The standard InChI is InChI=1S/C15H21NO3/c1-10-8-13(17)11(2)7-12(10)16-14(18)9-15(19-3)5-4-6-15/h7-8,17H,4-6,9H2,1-3H3,(H,16,18). The molecular weight excluding hydrogens is 242 g/mol. The van der Waals surface area contributed by atoms with Crippen LogP contribution in [0.5, 0.6) is 5.75 Å². The van der Waals surface area contributed by atoms with E-state index in [1.54, 1.807) is 19.2 Å². The average molecular weight is 263 g/mol. The number of ether oxygens (including phenoxy) is 1. The minimum Gasteiger partial charge on any atom is -0.508 e. The Morgan fingerprint density at radius 3 is 2.58 bits per heavy atom. The van der Waals surface area contributed by atoms with Crippen LogP contribution in [0.15, 0.2) is 12.1 Å². The van der Waals surface area contributed by atoms with E-state index in [9.17, 15) is 9.90 Å². The van der Waals surface area contributed by atoms with Gasteiger partial charge in [0.1, 0.15) is 5.75 Å². The lowest BCUT2D eigenvalue weighted by atomic mass is 9.77. The Hall–Kier alpha value is -1.55. The summed E-state index contributed by atoms with van der Waals surface area (Å²) in [5.74, 6) is 0.220. The number of phenols is 1. The average Bonchev–Trinajstić information content (AvgIpc) is 2.31. The first-order valence-electron chi connectivity index (χ1n) is 6.61. The van der Waals surface area contributed by atoms with E-state index >= 15 is 0 Å². The highest BCUT2D eigenvalue weighted by molar-refractivity contribution is 5.92. The highest BCUT2D eigenvalue weighted by atomic mass is 16.5. The zero-order valence-corrected chi connectivity index (χ0v) is 11.7. The zero-order chi connectivity index (χ0) is 14.0. The maximum atomic E-state index is 12.1. The summed E-state index contributed by atoms with van der Waals surface area (Å²) >= 11 is 0. The molecular formula is C15H21NO3. The van der Waals surface area contributed by atoms with Gasteiger partial charge in [-0.15, -0.1) is 0 Å². The van der Waals surface area contributed by atoms with Crippen LogP contribution in [0, 0.1) is 13.8 Å². The maximum absolute atomic E-state index is 12.1. The molecule has 19 heavy (non-hydrogen) atoms. The number of nitrogens with one attached hydrogen (secondary N) is 1. The van der Waals surface area contributed by atoms with Crippen molar-refractivity contribution in [2.75, 3.05) is 12.4 Å². The number of rotatable bonds is 4. The van der Waals surface area contributed by atoms with Gasteiger partial charge in [-0.05, 0) is 56.4 Å². The number of carbonyl (C=O) groups is 1. The fourth-order valence-corrected chi connectivity index (χ4v) is 2.45. The van der Waals surface area contributed by atoms with E-state index in [-0.39, 0.29) is 17.3 Å². The third kappa shape index (κ3) is 2.89. The largest absolute Gasteiger partial charge is 0.508 e. The minimum absolute atomic E-state index is 0.0326. The van der Waals surface area contributed by atoms with Crippen molar-refractivity contribution in [2.24, 2.45) is 0 Å². The molecule has 104 valence electrons. The van der Waals surface area contributed by atoms with Crippen molar-refractivity contribution >= 4 is 11.6 Å². The smallest absolute Gasteiger partial charge is 0.227 e. The molecule has 4 heteroatoms. The number of anilines is 1. The van der Waals surface area contributed by atoms with Crippen LogP contribution in [0.4, 0.5) is 5.69 Å². The van der Waals surface area contributed by atoms with Crippen LogP contribution in [0.3, 0.4) is 0 Å². The summed E-state index contributed by atoms with van der Waals surface area (Å²) < 4.78 is 5.45. The molecule has 2 N–H and O–H groups in total. The topological polar surface area (TPSA) is 58.6 Å². The van der Waals surface area contributed by atoms with Gasteiger partial charge in [0.15, 0.2) is 0 Å². The third-order valence-corrected chi connectivity index (χ3v) is 4.00. The first kappa shape index (κ1) is 13.9. The van der Waals surface area contributed by atoms with Gasteiger partial charge in [-0.1, -0.05) is 0 Å². The van der Waals surface area contributed by atoms with Gasteiger partial charge in [0.25, 0.3) is 0 Å². The molecule has 0 unspecified atom stereocenters. The van der Waals surface area contributed by atoms with Gasteiger partial charge in [-0.2, -0.15) is 0 Å². The van der Waals surface area contributed by atoms with Gasteiger partial charge < -0.3 is 15.2 Å². The Balaban J connectivity index is 2.05. The molecule has 1 aliphatic rings. The van der Waals surface area contributed by atoms with Crippen molar-refractivity contribution in [1.29, 1.82) is 0 Å². The van der Waals surface area contributed by atoms with E-state index in [0.29, 0.717) is 6.42 Å². The molecule has 1 aliphatic carbocycles. The van der Waals surface area contributed by atoms with Crippen LogP contribution in [0.1, 0.15) is 36.8 Å². The molecule has 0 heterocycles. The van der Waals surface area contributed by atoms with E-state index < -0.39 is 0 Å². The number of amides is 1. The molecule has 0 radical (unpaired) electrons. The zero-order valence-electron chi connectivity index (χ0n) is 11.7. The summed E-state index contributed by atoms with van der Waals surface area (Å²) in [6.07, 6.45) is 3.41. The van der Waals surface area contributed by atoms with Crippen molar-refractivity contribution in [3.63, 3.8) is 0 Å². The maximum Gasteiger partial charge on any atom is 0.227 e. The molecule has 0 saturated heterocycles. The van der Waals surface area contributed by atoms with Gasteiger partial charge in [0, 0.05) is 12.8 Å². The monoisotopic (exact) mass is 263 g/mol. The molecule has 4 nitrogen and oxygen atoms in total. The van der Waals surface area contributed by atoms with Crippen LogP contribution >= 0.6 is 0 Å². The molecule has 0 aliphatic heterocycles. The Kier molecular flexibility index (Phi) is 3.80. The van der Waals surface area contributed by atoms with Gasteiger partial charge >= 0.3 is 0 Å². The summed E-state index contributed by atoms with van der Waals surface area (Å²) in [5, 5.41) is 12.5. The molecule has 0 aromatic heterocycles. The van der Waals surface area contributed by atoms with E-state index in [1.165, 1.54) is 0 Å². The molecule has 0 atom stereocenters. The predicted molar refractivity (Wildman–Crippen MR) is 74.4 cm³/mol. The second-order valence-electron chi connectivity index (χ2n) is 5.42. The molecule has 0 spiro atoms. The molecule has 1 fully saturated rings. The Bertz CT molecular complexity index is 487. The number of hydrogen-bond acceptors (Lipinski definition) is 3. The predicted octanol–water partition coefficient (Wildman–Crippen LogP) is 2.91. The van der Waals surface area contributed by atoms with E-state index in [0.717, 1.165) is 36.1 Å². The molecule has 1 aromatic carbocycles. The second kappa shape index (κ2) is 5.21. The normalized spacial score (nSPS) is 16.8. The van der Waals surface area contributed by atoms with Crippen LogP contribution in [0.25, 0.3) is 0 Å². The molecule has 2 rings (SSSR count). The van der Waals surface area contributed by atoms with Crippen LogP contribution in [0.2, 0.25) is 0 Å². The highest BCUT2D eigenvalue weighted by Gasteiger charge is 2.39. The lowest BCUT2D eigenvalue weighted by Gasteiger charge is -2.39. The van der Waals surface area contributed by atoms with E-state index in [4.69, 9.17) is 4.74 Å². The number of aryl methyl sites for hydroxylation is 2. The van der Waals surface area contributed by atoms with Gasteiger partial charge in [0.05, 0.1) is 12.0 Å². The third-order valence-electron chi connectivity index (χ3n) is 4.00. The number of phenolic OH excluding ortho intramolecular Hbond substituents is 1. The summed E-state index contributed by atoms with van der Waals surface area (Å²) in [6, 6.07) is 3.46. The molecule has 0 bridgehead atoms. The van der Waals surface area contributed by atoms with Crippen LogP contribution < -0.4 is 5.32 Å². The number of aromatic hydroxyl groups is 1. The summed E-state index contributed by atoms with van der Waals surface area (Å²) in [7, 11) is 1.67. The van der Waals surface area contributed by atoms with E-state index in [1.807, 2.05) is 13.8 Å². The van der Waals surface area contributed by atoms with Crippen molar-refractivity contribution < 1.29 is 14.6 Å². The number of carbonyl (C=O) groups excluding carboxylic acids is 1. The fourth-order valence-electron chi connectivity index (χ4n) is 2.45. The minimum atomic E-state index is -0.260. The van der Waals surface area contributed by atoms with E-state index in [2.05, 4.69) is 5.32 Å². The highest BCUT2D eigenvalue weighted by Crippen LogP contribution is 2.38. The lowest BCUT2D eigenvalue weighted by molar-refractivity contribution is -0.129. The number of hydrogen-bond donors (Lipinski definition) is 2.